The molecule has 0 atom stereocenters. The molecular formula is C25H16ClF3O5. The van der Waals surface area contributed by atoms with E-state index in [2.05, 4.69) is 0 Å². The summed E-state index contributed by atoms with van der Waals surface area (Å²) in [7, 11) is 1.29. The number of methoxy groups -OCH3 is 1. The van der Waals surface area contributed by atoms with Crippen molar-refractivity contribution in [3.63, 3.8) is 0 Å². The third kappa shape index (κ3) is 4.77. The van der Waals surface area contributed by atoms with Crippen molar-refractivity contribution in [3.8, 4) is 22.6 Å². The summed E-state index contributed by atoms with van der Waals surface area (Å²) in [4.78, 5) is 25.4. The second-order valence-electron chi connectivity index (χ2n) is 7.27. The molecule has 0 aliphatic carbocycles. The number of hydrogen-bond donors (Lipinski definition) is 0. The Kier molecular flexibility index (Phi) is 6.34. The van der Waals surface area contributed by atoms with Crippen LogP contribution in [0.3, 0.4) is 0 Å². The lowest BCUT2D eigenvalue weighted by Gasteiger charge is -2.15. The third-order valence-electron chi connectivity index (χ3n) is 4.99. The highest BCUT2D eigenvalue weighted by atomic mass is 35.5. The molecule has 0 saturated carbocycles. The van der Waals surface area contributed by atoms with Crippen molar-refractivity contribution in [1.29, 1.82) is 0 Å². The van der Waals surface area contributed by atoms with Gasteiger partial charge in [0.2, 0.25) is 11.2 Å². The Labute approximate surface area is 196 Å². The summed E-state index contributed by atoms with van der Waals surface area (Å²) in [5, 5.41) is 0.404. The van der Waals surface area contributed by atoms with Gasteiger partial charge in [0.15, 0.2) is 0 Å². The monoisotopic (exact) mass is 488 g/mol. The number of carbonyl (C=O) groups is 1. The predicted molar refractivity (Wildman–Crippen MR) is 120 cm³/mol. The van der Waals surface area contributed by atoms with Gasteiger partial charge in [-0.25, -0.2) is 0 Å². The van der Waals surface area contributed by atoms with Gasteiger partial charge in [0.05, 0.1) is 24.5 Å². The minimum absolute atomic E-state index is 0.0496. The Balaban J connectivity index is 1.76. The molecule has 0 N–H and O–H groups in total. The van der Waals surface area contributed by atoms with E-state index in [1.165, 1.54) is 37.4 Å². The fourth-order valence-corrected chi connectivity index (χ4v) is 3.59. The lowest BCUT2D eigenvalue weighted by Crippen LogP contribution is -2.16. The highest BCUT2D eigenvalue weighted by Crippen LogP contribution is 2.40. The Morgan fingerprint density at radius 1 is 1.03 bits per heavy atom. The zero-order valence-corrected chi connectivity index (χ0v) is 18.4. The number of ether oxygens (including phenoxy) is 2. The van der Waals surface area contributed by atoms with Crippen LogP contribution in [0.1, 0.15) is 11.3 Å². The first kappa shape index (κ1) is 23.4. The van der Waals surface area contributed by atoms with Crippen molar-refractivity contribution in [1.82, 2.24) is 0 Å². The molecular weight excluding hydrogens is 473 g/mol. The van der Waals surface area contributed by atoms with Gasteiger partial charge in [-0.15, -0.1) is 0 Å². The van der Waals surface area contributed by atoms with Crippen LogP contribution in [0.2, 0.25) is 5.02 Å². The first-order valence-electron chi connectivity index (χ1n) is 9.94. The number of alkyl halides is 3. The molecule has 0 aliphatic rings. The Bertz CT molecular complexity index is 1430. The summed E-state index contributed by atoms with van der Waals surface area (Å²) in [6.07, 6.45) is -5.05. The number of hydrogen-bond acceptors (Lipinski definition) is 5. The summed E-state index contributed by atoms with van der Waals surface area (Å²) < 4.78 is 57.2. The molecule has 5 nitrogen and oxygen atoms in total. The minimum Gasteiger partial charge on any atom is -0.496 e. The van der Waals surface area contributed by atoms with Gasteiger partial charge < -0.3 is 13.9 Å². The van der Waals surface area contributed by atoms with E-state index in [9.17, 15) is 22.8 Å². The fourth-order valence-electron chi connectivity index (χ4n) is 3.47. The highest BCUT2D eigenvalue weighted by molar-refractivity contribution is 6.30. The van der Waals surface area contributed by atoms with Crippen LogP contribution in [-0.4, -0.2) is 13.1 Å². The quantitative estimate of drug-likeness (QED) is 0.244. The minimum atomic E-state index is -4.97. The molecule has 0 unspecified atom stereocenters. The first-order valence-corrected chi connectivity index (χ1v) is 10.3. The summed E-state index contributed by atoms with van der Waals surface area (Å²) in [5.74, 6) is -2.09. The van der Waals surface area contributed by atoms with Crippen LogP contribution >= 0.6 is 11.6 Å². The number of halogens is 4. The van der Waals surface area contributed by atoms with E-state index in [1.807, 2.05) is 0 Å². The second kappa shape index (κ2) is 9.23. The van der Waals surface area contributed by atoms with Gasteiger partial charge in [0, 0.05) is 16.7 Å². The van der Waals surface area contributed by atoms with Crippen LogP contribution in [0.4, 0.5) is 13.2 Å². The number of carbonyl (C=O) groups excluding carboxylic acids is 1. The zero-order valence-electron chi connectivity index (χ0n) is 17.6. The molecule has 0 saturated heterocycles. The number of benzene rings is 3. The SMILES string of the molecule is COc1ccccc1-c1c(C(F)(F)F)oc2cc(OC(=O)Cc3ccc(Cl)cc3)ccc2c1=O. The summed E-state index contributed by atoms with van der Waals surface area (Å²) in [5.41, 5.74) is -1.33. The van der Waals surface area contributed by atoms with E-state index in [4.69, 9.17) is 25.5 Å². The molecule has 0 fully saturated rings. The topological polar surface area (TPSA) is 65.7 Å². The summed E-state index contributed by atoms with van der Waals surface area (Å²) in [6, 6.07) is 16.0. The Hall–Kier alpha value is -3.78. The molecule has 1 aromatic heterocycles. The van der Waals surface area contributed by atoms with Crippen LogP contribution in [0.15, 0.2) is 75.9 Å². The Morgan fingerprint density at radius 2 is 1.74 bits per heavy atom. The standard InChI is InChI=1S/C25H16ClF3O5/c1-32-19-5-3-2-4-17(19)22-23(31)18-11-10-16(13-20(18)34-24(22)25(27,28)29)33-21(30)12-14-6-8-15(26)9-7-14/h2-11,13H,12H2,1H3. The molecule has 34 heavy (non-hydrogen) atoms. The molecule has 0 amide bonds. The maximum absolute atomic E-state index is 13.9. The van der Waals surface area contributed by atoms with Gasteiger partial charge in [0.1, 0.15) is 17.1 Å². The number of fused-ring (bicyclic) bond motifs is 1. The molecule has 174 valence electrons. The van der Waals surface area contributed by atoms with Gasteiger partial charge in [-0.1, -0.05) is 41.9 Å². The molecule has 0 aliphatic heterocycles. The first-order chi connectivity index (χ1) is 16.2. The van der Waals surface area contributed by atoms with Crippen molar-refractivity contribution in [3.05, 3.63) is 93.3 Å². The van der Waals surface area contributed by atoms with Crippen molar-refractivity contribution in [2.75, 3.05) is 7.11 Å². The van der Waals surface area contributed by atoms with E-state index in [1.54, 1.807) is 30.3 Å². The lowest BCUT2D eigenvalue weighted by molar-refractivity contribution is -0.152. The fraction of sp³-hybridized carbons (Fsp3) is 0.120. The van der Waals surface area contributed by atoms with Gasteiger partial charge in [-0.3, -0.25) is 9.59 Å². The van der Waals surface area contributed by atoms with Crippen molar-refractivity contribution in [2.45, 2.75) is 12.6 Å². The van der Waals surface area contributed by atoms with Gasteiger partial charge >= 0.3 is 12.1 Å². The molecule has 0 radical (unpaired) electrons. The maximum Gasteiger partial charge on any atom is 0.450 e. The van der Waals surface area contributed by atoms with Gasteiger partial charge in [-0.2, -0.15) is 13.2 Å². The smallest absolute Gasteiger partial charge is 0.450 e. The average Bonchev–Trinajstić information content (AvgIpc) is 2.80. The average molecular weight is 489 g/mol. The van der Waals surface area contributed by atoms with E-state index in [0.717, 1.165) is 6.07 Å². The molecule has 4 aromatic rings. The molecule has 3 aromatic carbocycles. The van der Waals surface area contributed by atoms with Crippen LogP contribution in [0, 0.1) is 0 Å². The molecule has 4 rings (SSSR count). The summed E-state index contributed by atoms with van der Waals surface area (Å²) in [6.45, 7) is 0. The van der Waals surface area contributed by atoms with E-state index < -0.39 is 28.9 Å². The Morgan fingerprint density at radius 3 is 2.41 bits per heavy atom. The highest BCUT2D eigenvalue weighted by Gasteiger charge is 2.40. The molecule has 0 spiro atoms. The summed E-state index contributed by atoms with van der Waals surface area (Å²) >= 11 is 5.82. The number of para-hydroxylation sites is 1. The van der Waals surface area contributed by atoms with E-state index in [0.29, 0.717) is 10.6 Å². The van der Waals surface area contributed by atoms with Gasteiger partial charge in [-0.05, 0) is 35.9 Å². The van der Waals surface area contributed by atoms with Crippen LogP contribution in [0.5, 0.6) is 11.5 Å². The molecule has 9 heteroatoms. The normalized spacial score (nSPS) is 11.4. The molecule has 1 heterocycles. The van der Waals surface area contributed by atoms with Crippen molar-refractivity contribution in [2.24, 2.45) is 0 Å². The van der Waals surface area contributed by atoms with Crippen LogP contribution < -0.4 is 14.9 Å². The van der Waals surface area contributed by atoms with Crippen molar-refractivity contribution >= 4 is 28.5 Å². The predicted octanol–water partition coefficient (Wildman–Crippen LogP) is 6.29. The van der Waals surface area contributed by atoms with Crippen LogP contribution in [-0.2, 0) is 17.4 Å². The largest absolute Gasteiger partial charge is 0.496 e. The van der Waals surface area contributed by atoms with Crippen molar-refractivity contribution < 1.29 is 31.9 Å². The molecule has 0 bridgehead atoms. The lowest BCUT2D eigenvalue weighted by atomic mass is 10.0. The second-order valence-corrected chi connectivity index (χ2v) is 7.71. The van der Waals surface area contributed by atoms with E-state index in [-0.39, 0.29) is 34.5 Å². The number of rotatable bonds is 5. The number of esters is 1. The van der Waals surface area contributed by atoms with Gasteiger partial charge in [0.25, 0.3) is 0 Å². The van der Waals surface area contributed by atoms with E-state index >= 15 is 0 Å². The third-order valence-corrected chi connectivity index (χ3v) is 5.24. The zero-order chi connectivity index (χ0) is 24.5. The maximum atomic E-state index is 13.9. The van der Waals surface area contributed by atoms with Crippen LogP contribution in [0.25, 0.3) is 22.1 Å².